The van der Waals surface area contributed by atoms with Gasteiger partial charge in [-0.2, -0.15) is 0 Å². The maximum atomic E-state index is 10.4. The maximum absolute atomic E-state index is 10.4. The van der Waals surface area contributed by atoms with E-state index in [1.807, 2.05) is 0 Å². The van der Waals surface area contributed by atoms with E-state index in [-0.39, 0.29) is 13.0 Å². The van der Waals surface area contributed by atoms with Gasteiger partial charge in [0, 0.05) is 6.42 Å². The van der Waals surface area contributed by atoms with Gasteiger partial charge in [0.2, 0.25) is 0 Å². The molecule has 2 atom stereocenters. The summed E-state index contributed by atoms with van der Waals surface area (Å²) in [7, 11) is 0. The first-order valence-electron chi connectivity index (χ1n) is 2.73. The van der Waals surface area contributed by atoms with Gasteiger partial charge in [-0.25, -0.2) is 4.79 Å². The highest BCUT2D eigenvalue weighted by atomic mass is 16.6. The highest BCUT2D eigenvalue weighted by Crippen LogP contribution is 2.13. The Bertz CT molecular complexity index is 122. The predicted octanol–water partition coefficient (Wildman–Crippen LogP) is -1.34. The van der Waals surface area contributed by atoms with Gasteiger partial charge in [-0.15, -0.1) is 0 Å². The molecule has 0 bridgehead atoms. The third-order valence-electron chi connectivity index (χ3n) is 1.24. The van der Waals surface area contributed by atoms with Crippen molar-refractivity contribution in [1.29, 1.82) is 0 Å². The van der Waals surface area contributed by atoms with Gasteiger partial charge in [-0.3, -0.25) is 0 Å². The Morgan fingerprint density at radius 1 is 1.78 bits per heavy atom. The summed E-state index contributed by atoms with van der Waals surface area (Å²) in [5, 5.41) is 17.1. The Morgan fingerprint density at radius 3 is 2.67 bits per heavy atom. The van der Waals surface area contributed by atoms with Gasteiger partial charge in [-0.05, 0) is 0 Å². The largest absolute Gasteiger partial charge is 0.458 e. The summed E-state index contributed by atoms with van der Waals surface area (Å²) in [6.07, 6.45) is -1.30. The number of rotatable bonds is 1. The third-order valence-corrected chi connectivity index (χ3v) is 1.24. The second-order valence-electron chi connectivity index (χ2n) is 1.99. The van der Waals surface area contributed by atoms with Gasteiger partial charge in [0.25, 0.3) is 0 Å². The lowest BCUT2D eigenvalue weighted by Crippen LogP contribution is -2.11. The molecule has 4 nitrogen and oxygen atoms in total. The average molecular weight is 132 g/mol. The van der Waals surface area contributed by atoms with E-state index in [0.717, 1.165) is 0 Å². The smallest absolute Gasteiger partial charge is 0.335 e. The normalized spacial score (nSPS) is 34.7. The topological polar surface area (TPSA) is 66.8 Å². The summed E-state index contributed by atoms with van der Waals surface area (Å²) in [6.45, 7) is -0.206. The standard InChI is InChI=1S/C5H8O4/c6-2-3-1-4(7)5(8)9-3/h3-4,6-7H,1-2H2/t3-,4-/m1/s1. The number of carbonyl (C=O) groups is 1. The Morgan fingerprint density at radius 2 is 2.44 bits per heavy atom. The van der Waals surface area contributed by atoms with Gasteiger partial charge in [-0.1, -0.05) is 0 Å². The molecule has 1 aliphatic heterocycles. The number of hydrogen-bond donors (Lipinski definition) is 2. The Hall–Kier alpha value is -0.610. The second-order valence-corrected chi connectivity index (χ2v) is 1.99. The lowest BCUT2D eigenvalue weighted by molar-refractivity contribution is -0.148. The minimum atomic E-state index is -1.03. The van der Waals surface area contributed by atoms with Crippen molar-refractivity contribution in [1.82, 2.24) is 0 Å². The number of ether oxygens (including phenoxy) is 1. The van der Waals surface area contributed by atoms with Crippen LogP contribution < -0.4 is 0 Å². The van der Waals surface area contributed by atoms with Crippen molar-refractivity contribution in [2.75, 3.05) is 6.61 Å². The zero-order chi connectivity index (χ0) is 6.85. The molecule has 0 amide bonds. The molecule has 1 heterocycles. The van der Waals surface area contributed by atoms with Crippen LogP contribution in [-0.2, 0) is 9.53 Å². The summed E-state index contributed by atoms with van der Waals surface area (Å²) < 4.78 is 4.48. The van der Waals surface area contributed by atoms with Crippen molar-refractivity contribution in [2.24, 2.45) is 0 Å². The molecule has 0 saturated carbocycles. The molecule has 0 aromatic carbocycles. The molecular formula is C5H8O4. The van der Waals surface area contributed by atoms with Crippen LogP contribution in [0.3, 0.4) is 0 Å². The van der Waals surface area contributed by atoms with Crippen LogP contribution in [0.5, 0.6) is 0 Å². The fraction of sp³-hybridized carbons (Fsp3) is 0.800. The molecule has 9 heavy (non-hydrogen) atoms. The minimum Gasteiger partial charge on any atom is -0.458 e. The number of aliphatic hydroxyl groups is 2. The average Bonchev–Trinajstić information content (AvgIpc) is 2.13. The lowest BCUT2D eigenvalue weighted by Gasteiger charge is -2.00. The third kappa shape index (κ3) is 1.20. The molecule has 0 spiro atoms. The Kier molecular flexibility index (Phi) is 1.68. The highest BCUT2D eigenvalue weighted by Gasteiger charge is 2.31. The van der Waals surface area contributed by atoms with Crippen molar-refractivity contribution < 1.29 is 19.7 Å². The summed E-state index contributed by atoms with van der Waals surface area (Å²) in [4.78, 5) is 10.4. The van der Waals surface area contributed by atoms with Crippen molar-refractivity contribution >= 4 is 5.97 Å². The molecule has 0 aromatic heterocycles. The molecule has 1 fully saturated rings. The van der Waals surface area contributed by atoms with Gasteiger partial charge in [0.1, 0.15) is 6.10 Å². The second kappa shape index (κ2) is 2.33. The molecule has 4 heteroatoms. The van der Waals surface area contributed by atoms with Crippen LogP contribution in [0.2, 0.25) is 0 Å². The fourth-order valence-electron chi connectivity index (χ4n) is 0.748. The van der Waals surface area contributed by atoms with E-state index in [9.17, 15) is 4.79 Å². The first kappa shape index (κ1) is 6.51. The Balaban J connectivity index is 2.44. The van der Waals surface area contributed by atoms with E-state index in [1.165, 1.54) is 0 Å². The monoisotopic (exact) mass is 132 g/mol. The summed E-state index contributed by atoms with van der Waals surface area (Å²) in [6, 6.07) is 0. The molecule has 2 N–H and O–H groups in total. The molecule has 0 aromatic rings. The van der Waals surface area contributed by atoms with E-state index >= 15 is 0 Å². The maximum Gasteiger partial charge on any atom is 0.335 e. The Labute approximate surface area is 52.1 Å². The van der Waals surface area contributed by atoms with Crippen LogP contribution in [0.15, 0.2) is 0 Å². The van der Waals surface area contributed by atoms with Crippen LogP contribution in [-0.4, -0.2) is 35.0 Å². The molecule has 0 aliphatic carbocycles. The number of esters is 1. The van der Waals surface area contributed by atoms with Crippen LogP contribution >= 0.6 is 0 Å². The first-order chi connectivity index (χ1) is 4.24. The summed E-state index contributed by atoms with van der Waals surface area (Å²) in [5.41, 5.74) is 0. The van der Waals surface area contributed by atoms with Crippen LogP contribution in [0.1, 0.15) is 6.42 Å². The summed E-state index contributed by atoms with van der Waals surface area (Å²) in [5.74, 6) is -0.631. The quantitative estimate of drug-likeness (QED) is 0.433. The van der Waals surface area contributed by atoms with E-state index in [1.54, 1.807) is 0 Å². The predicted molar refractivity (Wildman–Crippen MR) is 27.6 cm³/mol. The summed E-state index contributed by atoms with van der Waals surface area (Å²) >= 11 is 0. The van der Waals surface area contributed by atoms with Gasteiger partial charge >= 0.3 is 5.97 Å². The molecule has 1 aliphatic rings. The minimum absolute atomic E-state index is 0.206. The zero-order valence-electron chi connectivity index (χ0n) is 4.78. The zero-order valence-corrected chi connectivity index (χ0v) is 4.78. The molecule has 52 valence electrons. The highest BCUT2D eigenvalue weighted by molar-refractivity contribution is 5.76. The van der Waals surface area contributed by atoms with E-state index in [0.29, 0.717) is 0 Å². The van der Waals surface area contributed by atoms with Crippen molar-refractivity contribution in [3.8, 4) is 0 Å². The van der Waals surface area contributed by atoms with Crippen LogP contribution in [0.4, 0.5) is 0 Å². The first-order valence-corrected chi connectivity index (χ1v) is 2.73. The number of carbonyl (C=O) groups excluding carboxylic acids is 1. The molecule has 0 radical (unpaired) electrons. The van der Waals surface area contributed by atoms with Crippen molar-refractivity contribution in [3.63, 3.8) is 0 Å². The van der Waals surface area contributed by atoms with Gasteiger partial charge < -0.3 is 14.9 Å². The molecule has 1 saturated heterocycles. The SMILES string of the molecule is O=C1O[C@@H](CO)C[C@H]1O. The van der Waals surface area contributed by atoms with Crippen molar-refractivity contribution in [3.05, 3.63) is 0 Å². The van der Waals surface area contributed by atoms with E-state index in [2.05, 4.69) is 4.74 Å². The molecule has 0 unspecified atom stereocenters. The lowest BCUT2D eigenvalue weighted by atomic mass is 10.2. The van der Waals surface area contributed by atoms with Gasteiger partial charge in [0.15, 0.2) is 6.10 Å². The number of hydrogen-bond acceptors (Lipinski definition) is 4. The number of cyclic esters (lactones) is 1. The molecular weight excluding hydrogens is 124 g/mol. The van der Waals surface area contributed by atoms with Crippen molar-refractivity contribution in [2.45, 2.75) is 18.6 Å². The fourth-order valence-corrected chi connectivity index (χ4v) is 0.748. The molecule has 1 rings (SSSR count). The van der Waals surface area contributed by atoms with Crippen LogP contribution in [0.25, 0.3) is 0 Å². The van der Waals surface area contributed by atoms with E-state index in [4.69, 9.17) is 10.2 Å². The van der Waals surface area contributed by atoms with Gasteiger partial charge in [0.05, 0.1) is 6.61 Å². The number of aliphatic hydroxyl groups excluding tert-OH is 2. The van der Waals surface area contributed by atoms with E-state index < -0.39 is 18.2 Å². The van der Waals surface area contributed by atoms with Crippen LogP contribution in [0, 0.1) is 0 Å².